The zero-order chi connectivity index (χ0) is 15.2. The van der Waals surface area contributed by atoms with Crippen LogP contribution in [-0.2, 0) is 20.9 Å². The van der Waals surface area contributed by atoms with E-state index in [0.29, 0.717) is 6.42 Å². The van der Waals surface area contributed by atoms with Gasteiger partial charge in [-0.3, -0.25) is 14.5 Å². The van der Waals surface area contributed by atoms with E-state index in [1.54, 1.807) is 6.92 Å². The van der Waals surface area contributed by atoms with Gasteiger partial charge in [0.05, 0.1) is 6.04 Å². The maximum absolute atomic E-state index is 12.1. The molecule has 1 aliphatic heterocycles. The SMILES string of the molecule is CCC(=O)OCc1ccc(NC(=O)C2CCCN2C)cc1.[HH]. The summed E-state index contributed by atoms with van der Waals surface area (Å²) in [5.74, 6) is -0.170. The fraction of sp³-hybridized carbons (Fsp3) is 0.500. The van der Waals surface area contributed by atoms with E-state index in [0.717, 1.165) is 30.6 Å². The third kappa shape index (κ3) is 4.29. The molecule has 1 heterocycles. The van der Waals surface area contributed by atoms with Gasteiger partial charge in [0.1, 0.15) is 6.61 Å². The van der Waals surface area contributed by atoms with Crippen LogP contribution in [0.4, 0.5) is 5.69 Å². The van der Waals surface area contributed by atoms with Gasteiger partial charge in [-0.1, -0.05) is 19.1 Å². The predicted octanol–water partition coefficient (Wildman–Crippen LogP) is 2.42. The molecule has 1 N–H and O–H groups in total. The van der Waals surface area contributed by atoms with Gasteiger partial charge in [0.15, 0.2) is 0 Å². The molecule has 1 aliphatic rings. The number of nitrogens with one attached hydrogen (secondary N) is 1. The number of ether oxygens (including phenoxy) is 1. The first-order valence-electron chi connectivity index (χ1n) is 7.36. The molecule has 1 aromatic rings. The molecule has 0 radical (unpaired) electrons. The summed E-state index contributed by atoms with van der Waals surface area (Å²) in [6.07, 6.45) is 2.35. The van der Waals surface area contributed by atoms with E-state index in [4.69, 9.17) is 4.74 Å². The average Bonchev–Trinajstić information content (AvgIpc) is 2.92. The van der Waals surface area contributed by atoms with Crippen molar-refractivity contribution in [2.24, 2.45) is 0 Å². The molecule has 1 saturated heterocycles. The normalized spacial score (nSPS) is 18.5. The molecular formula is C16H24N2O3. The Morgan fingerprint density at radius 3 is 2.67 bits per heavy atom. The zero-order valence-corrected chi connectivity index (χ0v) is 12.6. The maximum Gasteiger partial charge on any atom is 0.305 e. The number of rotatable bonds is 5. The Labute approximate surface area is 126 Å². The number of hydrogen-bond donors (Lipinski definition) is 1. The smallest absolute Gasteiger partial charge is 0.305 e. The largest absolute Gasteiger partial charge is 0.461 e. The molecule has 1 amide bonds. The first-order chi connectivity index (χ1) is 10.1. The lowest BCUT2D eigenvalue weighted by atomic mass is 10.2. The van der Waals surface area contributed by atoms with Crippen molar-refractivity contribution >= 4 is 17.6 Å². The third-order valence-electron chi connectivity index (χ3n) is 3.73. The monoisotopic (exact) mass is 292 g/mol. The minimum Gasteiger partial charge on any atom is -0.461 e. The summed E-state index contributed by atoms with van der Waals surface area (Å²) in [7, 11) is 1.97. The average molecular weight is 292 g/mol. The van der Waals surface area contributed by atoms with Crippen LogP contribution < -0.4 is 5.32 Å². The van der Waals surface area contributed by atoms with Crippen molar-refractivity contribution in [2.75, 3.05) is 18.9 Å². The summed E-state index contributed by atoms with van der Waals surface area (Å²) in [5, 5.41) is 2.93. The molecule has 0 bridgehead atoms. The van der Waals surface area contributed by atoms with E-state index in [2.05, 4.69) is 10.2 Å². The Morgan fingerprint density at radius 1 is 1.38 bits per heavy atom. The molecule has 0 spiro atoms. The van der Waals surface area contributed by atoms with Crippen LogP contribution in [0.3, 0.4) is 0 Å². The maximum atomic E-state index is 12.1. The van der Waals surface area contributed by atoms with Crippen LogP contribution in [0, 0.1) is 0 Å². The van der Waals surface area contributed by atoms with E-state index in [1.165, 1.54) is 0 Å². The summed E-state index contributed by atoms with van der Waals surface area (Å²) in [4.78, 5) is 25.3. The number of carbonyl (C=O) groups is 2. The van der Waals surface area contributed by atoms with E-state index in [-0.39, 0.29) is 26.0 Å². The number of carbonyl (C=O) groups excluding carboxylic acids is 2. The van der Waals surface area contributed by atoms with Gasteiger partial charge in [0.2, 0.25) is 5.91 Å². The summed E-state index contributed by atoms with van der Waals surface area (Å²) >= 11 is 0. The standard InChI is InChI=1S/C16H22N2O3.H2/c1-3-15(19)21-11-12-6-8-13(9-7-12)17-16(20)14-5-4-10-18(14)2;/h6-9,14H,3-5,10-11H2,1-2H3,(H,17,20);1H. The van der Waals surface area contributed by atoms with E-state index < -0.39 is 0 Å². The van der Waals surface area contributed by atoms with Crippen molar-refractivity contribution in [2.45, 2.75) is 38.8 Å². The molecule has 1 aromatic carbocycles. The van der Waals surface area contributed by atoms with Crippen LogP contribution in [0.15, 0.2) is 24.3 Å². The number of amides is 1. The van der Waals surface area contributed by atoms with Gasteiger partial charge in [0, 0.05) is 13.5 Å². The molecule has 21 heavy (non-hydrogen) atoms. The van der Waals surface area contributed by atoms with Crippen molar-refractivity contribution in [3.05, 3.63) is 29.8 Å². The molecule has 0 aromatic heterocycles. The van der Waals surface area contributed by atoms with E-state index >= 15 is 0 Å². The number of hydrogen-bond acceptors (Lipinski definition) is 4. The molecule has 1 unspecified atom stereocenters. The zero-order valence-electron chi connectivity index (χ0n) is 12.6. The lowest BCUT2D eigenvalue weighted by Gasteiger charge is -2.18. The summed E-state index contributed by atoms with van der Waals surface area (Å²) in [5.41, 5.74) is 1.68. The van der Waals surface area contributed by atoms with Gasteiger partial charge < -0.3 is 10.1 Å². The van der Waals surface area contributed by atoms with Crippen LogP contribution in [0.5, 0.6) is 0 Å². The fourth-order valence-corrected chi connectivity index (χ4v) is 2.42. The Kier molecular flexibility index (Phi) is 5.33. The van der Waals surface area contributed by atoms with Crippen LogP contribution >= 0.6 is 0 Å². The second kappa shape index (κ2) is 7.22. The van der Waals surface area contributed by atoms with Crippen molar-refractivity contribution < 1.29 is 15.8 Å². The molecule has 1 atom stereocenters. The van der Waals surface area contributed by atoms with E-state index in [1.807, 2.05) is 31.3 Å². The lowest BCUT2D eigenvalue weighted by Crippen LogP contribution is -2.37. The molecule has 116 valence electrons. The highest BCUT2D eigenvalue weighted by Gasteiger charge is 2.27. The first-order valence-corrected chi connectivity index (χ1v) is 7.36. The molecule has 0 aliphatic carbocycles. The van der Waals surface area contributed by atoms with Gasteiger partial charge in [-0.05, 0) is 44.1 Å². The number of esters is 1. The van der Waals surface area contributed by atoms with Gasteiger partial charge in [0.25, 0.3) is 0 Å². The second-order valence-corrected chi connectivity index (χ2v) is 5.34. The van der Waals surface area contributed by atoms with E-state index in [9.17, 15) is 9.59 Å². The quantitative estimate of drug-likeness (QED) is 0.847. The van der Waals surface area contributed by atoms with Crippen molar-refractivity contribution in [3.63, 3.8) is 0 Å². The lowest BCUT2D eigenvalue weighted by molar-refractivity contribution is -0.144. The third-order valence-corrected chi connectivity index (χ3v) is 3.73. The highest BCUT2D eigenvalue weighted by Crippen LogP contribution is 2.17. The van der Waals surface area contributed by atoms with Gasteiger partial charge in [-0.25, -0.2) is 0 Å². The topological polar surface area (TPSA) is 58.6 Å². The Balaban J connectivity index is 0.00000242. The van der Waals surface area contributed by atoms with Gasteiger partial charge >= 0.3 is 5.97 Å². The van der Waals surface area contributed by atoms with Crippen LogP contribution in [0.2, 0.25) is 0 Å². The number of likely N-dealkylation sites (N-methyl/N-ethyl adjacent to an activating group) is 1. The Bertz CT molecular complexity index is 505. The number of anilines is 1. The number of benzene rings is 1. The van der Waals surface area contributed by atoms with Crippen molar-refractivity contribution in [1.82, 2.24) is 4.90 Å². The highest BCUT2D eigenvalue weighted by atomic mass is 16.5. The summed E-state index contributed by atoms with van der Waals surface area (Å²) < 4.78 is 5.06. The number of likely N-dealkylation sites (tertiary alicyclic amines) is 1. The van der Waals surface area contributed by atoms with Crippen LogP contribution in [-0.4, -0.2) is 36.4 Å². The molecular weight excluding hydrogens is 268 g/mol. The molecule has 1 fully saturated rings. The summed E-state index contributed by atoms with van der Waals surface area (Å²) in [6.45, 7) is 3.01. The highest BCUT2D eigenvalue weighted by molar-refractivity contribution is 5.95. The van der Waals surface area contributed by atoms with Gasteiger partial charge in [-0.15, -0.1) is 0 Å². The molecule has 0 saturated carbocycles. The fourth-order valence-electron chi connectivity index (χ4n) is 2.42. The minimum absolute atomic E-state index is 0. The molecule has 5 heteroatoms. The summed E-state index contributed by atoms with van der Waals surface area (Å²) in [6, 6.07) is 7.35. The minimum atomic E-state index is -0.211. The Hall–Kier alpha value is -1.88. The Morgan fingerprint density at radius 2 is 2.10 bits per heavy atom. The molecule has 2 rings (SSSR count). The van der Waals surface area contributed by atoms with Crippen molar-refractivity contribution in [3.8, 4) is 0 Å². The predicted molar refractivity (Wildman–Crippen MR) is 82.9 cm³/mol. The van der Waals surface area contributed by atoms with Crippen LogP contribution in [0.1, 0.15) is 33.2 Å². The van der Waals surface area contributed by atoms with Gasteiger partial charge in [-0.2, -0.15) is 0 Å². The number of nitrogens with zero attached hydrogens (tertiary/aromatic N) is 1. The van der Waals surface area contributed by atoms with Crippen molar-refractivity contribution in [1.29, 1.82) is 0 Å². The second-order valence-electron chi connectivity index (χ2n) is 5.34. The molecule has 5 nitrogen and oxygen atoms in total. The first kappa shape index (κ1) is 15.5. The van der Waals surface area contributed by atoms with Crippen LogP contribution in [0.25, 0.3) is 0 Å².